The number of fused-ring (bicyclic) bond motifs is 3. The summed E-state index contributed by atoms with van der Waals surface area (Å²) in [6.07, 6.45) is 0.375. The van der Waals surface area contributed by atoms with Crippen molar-refractivity contribution in [3.05, 3.63) is 86.5 Å². The van der Waals surface area contributed by atoms with Crippen LogP contribution < -0.4 is 21.3 Å². The van der Waals surface area contributed by atoms with Crippen LogP contribution in [0.5, 0.6) is 0 Å². The molecule has 5 N–H and O–H groups in total. The fourth-order valence-electron chi connectivity index (χ4n) is 6.83. The van der Waals surface area contributed by atoms with Gasteiger partial charge in [0.05, 0.1) is 19.0 Å². The van der Waals surface area contributed by atoms with Crippen molar-refractivity contribution in [1.29, 1.82) is 0 Å². The van der Waals surface area contributed by atoms with Crippen molar-refractivity contribution in [2.75, 3.05) is 26.7 Å². The van der Waals surface area contributed by atoms with E-state index in [0.29, 0.717) is 11.4 Å². The number of nitrogens with one attached hydrogen (secondary N) is 5. The molecule has 298 valence electrons. The summed E-state index contributed by atoms with van der Waals surface area (Å²) in [7, 11) is 1.57. The zero-order valence-electron chi connectivity index (χ0n) is 33.2. The van der Waals surface area contributed by atoms with Gasteiger partial charge in [-0.25, -0.2) is 4.98 Å². The van der Waals surface area contributed by atoms with Crippen LogP contribution in [-0.2, 0) is 36.8 Å². The molecule has 2 bridgehead atoms. The van der Waals surface area contributed by atoms with E-state index in [1.165, 1.54) is 28.1 Å². The van der Waals surface area contributed by atoms with Crippen molar-refractivity contribution in [1.82, 2.24) is 41.0 Å². The Morgan fingerprint density at radius 2 is 1.57 bits per heavy atom. The van der Waals surface area contributed by atoms with E-state index in [-0.39, 0.29) is 43.6 Å². The first-order valence-electron chi connectivity index (χ1n) is 18.8. The second kappa shape index (κ2) is 17.9. The van der Waals surface area contributed by atoms with Crippen molar-refractivity contribution in [2.24, 2.45) is 5.92 Å². The second-order valence-corrected chi connectivity index (χ2v) is 15.9. The van der Waals surface area contributed by atoms with Gasteiger partial charge in [-0.2, -0.15) is 0 Å². The summed E-state index contributed by atoms with van der Waals surface area (Å²) in [5.41, 5.74) is 5.70. The minimum absolute atomic E-state index is 0.0205. The lowest BCUT2D eigenvalue weighted by atomic mass is 10.0. The molecule has 0 aliphatic carbocycles. The second-order valence-electron chi connectivity index (χ2n) is 15.0. The van der Waals surface area contributed by atoms with E-state index in [1.54, 1.807) is 33.2 Å². The third kappa shape index (κ3) is 9.80. The lowest BCUT2D eigenvalue weighted by Crippen LogP contribution is -2.57. The standard InChI is InChI=1S/C41H52N8O6S/c1-22(2)35-39(54)44-27(7)41(55)48(8)16-17-49(33(51)19-29-25(5)42-36-24(4)15-14-23(3)34(29)36)20-32(50)45-30(18-28-12-10-9-11-13-28)40-46-31(21-56-40)38(53)43-26(6)37(52)47-35/h9-15,21-22,26-27,30,35,42H,16-20H2,1-8H3,(H,43,53)(H,44,54)(H,45,50)(H,47,52)/t26-,27+,30-,35-/m0/s1. The number of aromatic amines is 1. The van der Waals surface area contributed by atoms with Crippen molar-refractivity contribution < 1.29 is 28.8 Å². The van der Waals surface area contributed by atoms with Crippen LogP contribution >= 0.6 is 11.3 Å². The summed E-state index contributed by atoms with van der Waals surface area (Å²) >= 11 is 1.19. The average Bonchev–Trinajstić information content (AvgIpc) is 3.78. The monoisotopic (exact) mass is 784 g/mol. The highest BCUT2D eigenvalue weighted by atomic mass is 32.1. The number of carbonyl (C=O) groups is 6. The summed E-state index contributed by atoms with van der Waals surface area (Å²) in [6, 6.07) is 9.93. The quantitative estimate of drug-likeness (QED) is 0.206. The number of aryl methyl sites for hydroxylation is 3. The number of amides is 6. The highest BCUT2D eigenvalue weighted by molar-refractivity contribution is 7.09. The van der Waals surface area contributed by atoms with Crippen LogP contribution in [0.4, 0.5) is 0 Å². The van der Waals surface area contributed by atoms with Gasteiger partial charge in [-0.05, 0) is 69.2 Å². The van der Waals surface area contributed by atoms with Gasteiger partial charge in [-0.1, -0.05) is 56.3 Å². The van der Waals surface area contributed by atoms with Gasteiger partial charge in [0.15, 0.2) is 0 Å². The Balaban J connectivity index is 1.49. The summed E-state index contributed by atoms with van der Waals surface area (Å²) in [4.78, 5) is 92.6. The zero-order chi connectivity index (χ0) is 40.8. The smallest absolute Gasteiger partial charge is 0.271 e. The van der Waals surface area contributed by atoms with Crippen molar-refractivity contribution in [2.45, 2.75) is 85.5 Å². The predicted octanol–water partition coefficient (Wildman–Crippen LogP) is 3.26. The van der Waals surface area contributed by atoms with Crippen molar-refractivity contribution in [3.8, 4) is 0 Å². The molecule has 6 amide bonds. The fourth-order valence-corrected chi connectivity index (χ4v) is 7.68. The number of aromatic nitrogens is 2. The number of hydrogen-bond donors (Lipinski definition) is 5. The molecule has 2 aromatic carbocycles. The van der Waals surface area contributed by atoms with Crippen molar-refractivity contribution in [3.63, 3.8) is 0 Å². The Morgan fingerprint density at radius 3 is 2.27 bits per heavy atom. The van der Waals surface area contributed by atoms with Crippen LogP contribution in [-0.4, -0.2) is 100 Å². The van der Waals surface area contributed by atoms with Crippen LogP contribution in [0.3, 0.4) is 0 Å². The first-order valence-corrected chi connectivity index (χ1v) is 19.7. The summed E-state index contributed by atoms with van der Waals surface area (Å²) in [5, 5.41) is 14.1. The molecule has 0 saturated carbocycles. The maximum Gasteiger partial charge on any atom is 0.271 e. The Morgan fingerprint density at radius 1 is 0.875 bits per heavy atom. The highest BCUT2D eigenvalue weighted by Gasteiger charge is 2.31. The Kier molecular flexibility index (Phi) is 13.3. The third-order valence-corrected chi connectivity index (χ3v) is 11.1. The summed E-state index contributed by atoms with van der Waals surface area (Å²) in [5.74, 6) is -3.27. The minimum atomic E-state index is -1.02. The molecule has 0 saturated heterocycles. The van der Waals surface area contributed by atoms with E-state index in [0.717, 1.165) is 38.9 Å². The van der Waals surface area contributed by atoms with Crippen molar-refractivity contribution >= 4 is 57.7 Å². The van der Waals surface area contributed by atoms with Gasteiger partial charge in [0, 0.05) is 42.1 Å². The Hall–Kier alpha value is -5.57. The number of nitrogens with zero attached hydrogens (tertiary/aromatic N) is 3. The van der Waals surface area contributed by atoms with Gasteiger partial charge in [0.1, 0.15) is 28.8 Å². The van der Waals surface area contributed by atoms with E-state index < -0.39 is 53.7 Å². The fraction of sp³-hybridized carbons (Fsp3) is 0.439. The van der Waals surface area contributed by atoms with Gasteiger partial charge in [-0.3, -0.25) is 28.8 Å². The molecule has 2 aromatic heterocycles. The molecule has 3 heterocycles. The summed E-state index contributed by atoms with van der Waals surface area (Å²) < 4.78 is 0. The number of likely N-dealkylation sites (N-methyl/N-ethyl adjacent to an activating group) is 1. The first-order chi connectivity index (χ1) is 26.5. The molecule has 4 atom stereocenters. The normalized spacial score (nSPS) is 21.0. The first kappa shape index (κ1) is 41.6. The molecule has 15 heteroatoms. The largest absolute Gasteiger partial charge is 0.358 e. The third-order valence-electron chi connectivity index (χ3n) is 10.2. The number of thiazole rings is 1. The van der Waals surface area contributed by atoms with Crippen LogP contribution in [0.1, 0.15) is 77.2 Å². The van der Waals surface area contributed by atoms with Gasteiger partial charge in [0.25, 0.3) is 5.91 Å². The maximum atomic E-state index is 14.3. The SMILES string of the molecule is Cc1[nH]c2c(C)ccc(C)c2c1CC(=O)N1CCN(C)C(=O)[C@@H](C)NC(=O)[C@H](C(C)C)NC(=O)[C@H](C)NC(=O)c2csc(n2)[C@H](Cc2ccccc2)NC(=O)C1. The summed E-state index contributed by atoms with van der Waals surface area (Å²) in [6.45, 7) is 12.3. The molecule has 0 radical (unpaired) electrons. The Bertz CT molecular complexity index is 2110. The maximum absolute atomic E-state index is 14.3. The number of hydrogen-bond acceptors (Lipinski definition) is 8. The van der Waals surface area contributed by atoms with E-state index in [2.05, 4.69) is 31.2 Å². The van der Waals surface area contributed by atoms with Crippen LogP contribution in [0.2, 0.25) is 0 Å². The molecule has 0 unspecified atom stereocenters. The van der Waals surface area contributed by atoms with Gasteiger partial charge in [0.2, 0.25) is 29.5 Å². The minimum Gasteiger partial charge on any atom is -0.358 e. The molecular formula is C41H52N8O6S. The zero-order valence-corrected chi connectivity index (χ0v) is 34.1. The molecular weight excluding hydrogens is 733 g/mol. The lowest BCUT2D eigenvalue weighted by molar-refractivity contribution is -0.138. The average molecular weight is 785 g/mol. The lowest BCUT2D eigenvalue weighted by Gasteiger charge is -2.29. The molecule has 0 fully saturated rings. The number of carbonyl (C=O) groups excluding carboxylic acids is 6. The van der Waals surface area contributed by atoms with E-state index >= 15 is 0 Å². The van der Waals surface area contributed by atoms with Crippen LogP contribution in [0.15, 0.2) is 47.8 Å². The van der Waals surface area contributed by atoms with Gasteiger partial charge >= 0.3 is 0 Å². The molecule has 56 heavy (non-hydrogen) atoms. The van der Waals surface area contributed by atoms with Gasteiger partial charge in [-0.15, -0.1) is 11.3 Å². The predicted molar refractivity (Wildman–Crippen MR) is 215 cm³/mol. The molecule has 4 aromatic rings. The number of benzene rings is 2. The van der Waals surface area contributed by atoms with E-state index in [1.807, 2.05) is 63.2 Å². The molecule has 5 rings (SSSR count). The molecule has 14 nitrogen and oxygen atoms in total. The molecule has 1 aliphatic rings. The Labute approximate surface area is 331 Å². The van der Waals surface area contributed by atoms with Crippen LogP contribution in [0, 0.1) is 26.7 Å². The number of H-pyrrole nitrogens is 1. The van der Waals surface area contributed by atoms with E-state index in [4.69, 9.17) is 0 Å². The number of rotatable bonds is 5. The highest BCUT2D eigenvalue weighted by Crippen LogP contribution is 2.29. The van der Waals surface area contributed by atoms with Crippen LogP contribution in [0.25, 0.3) is 10.9 Å². The van der Waals surface area contributed by atoms with Gasteiger partial charge < -0.3 is 36.1 Å². The topological polar surface area (TPSA) is 186 Å². The molecule has 0 spiro atoms. The van der Waals surface area contributed by atoms with E-state index in [9.17, 15) is 28.8 Å². The molecule has 1 aliphatic heterocycles.